The Labute approximate surface area is 125 Å². The molecular weight excluding hydrogens is 264 g/mol. The second-order valence-electron chi connectivity index (χ2n) is 6.64. The van der Waals surface area contributed by atoms with Crippen LogP contribution >= 0.6 is 0 Å². The number of nitrogens with zero attached hydrogens (tertiary/aromatic N) is 3. The van der Waals surface area contributed by atoms with E-state index in [0.717, 1.165) is 23.4 Å². The van der Waals surface area contributed by atoms with Crippen LogP contribution in [0.25, 0.3) is 11.0 Å². The van der Waals surface area contributed by atoms with E-state index in [0.29, 0.717) is 17.4 Å². The highest BCUT2D eigenvalue weighted by Gasteiger charge is 2.27. The standard InChI is InChI=1S/C15H24N6/c1-4-16-14-19-12(11-9-17-21-13(11)20-14)18-10-5-7-15(2,3)8-6-10/h9-10H,4-8H2,1-3H3,(H3,16,17,18,19,20,21). The zero-order chi connectivity index (χ0) is 14.9. The molecule has 0 aliphatic heterocycles. The second kappa shape index (κ2) is 5.50. The molecule has 0 atom stereocenters. The minimum Gasteiger partial charge on any atom is -0.367 e. The van der Waals surface area contributed by atoms with E-state index in [1.54, 1.807) is 6.20 Å². The van der Waals surface area contributed by atoms with Gasteiger partial charge in [0, 0.05) is 12.6 Å². The molecule has 0 amide bonds. The first kappa shape index (κ1) is 14.1. The van der Waals surface area contributed by atoms with Gasteiger partial charge in [-0.1, -0.05) is 13.8 Å². The Morgan fingerprint density at radius 1 is 1.29 bits per heavy atom. The van der Waals surface area contributed by atoms with Crippen LogP contribution in [0.1, 0.15) is 46.5 Å². The fraction of sp³-hybridized carbons (Fsp3) is 0.667. The number of hydrogen-bond donors (Lipinski definition) is 3. The summed E-state index contributed by atoms with van der Waals surface area (Å²) >= 11 is 0. The van der Waals surface area contributed by atoms with Crippen LogP contribution in [0.2, 0.25) is 0 Å². The third-order valence-corrected chi connectivity index (χ3v) is 4.32. The first-order valence-corrected chi connectivity index (χ1v) is 7.79. The van der Waals surface area contributed by atoms with Crippen molar-refractivity contribution >= 4 is 22.8 Å². The molecule has 1 saturated carbocycles. The maximum atomic E-state index is 4.60. The van der Waals surface area contributed by atoms with Gasteiger partial charge in [-0.3, -0.25) is 5.10 Å². The number of anilines is 2. The first-order chi connectivity index (χ1) is 10.1. The van der Waals surface area contributed by atoms with Crippen LogP contribution in [0.3, 0.4) is 0 Å². The lowest BCUT2D eigenvalue weighted by Crippen LogP contribution is -2.30. The van der Waals surface area contributed by atoms with Crippen LogP contribution in [-0.4, -0.2) is 32.8 Å². The monoisotopic (exact) mass is 288 g/mol. The van der Waals surface area contributed by atoms with Crippen LogP contribution < -0.4 is 10.6 Å². The van der Waals surface area contributed by atoms with Crippen LogP contribution in [0.15, 0.2) is 6.20 Å². The summed E-state index contributed by atoms with van der Waals surface area (Å²) in [6, 6.07) is 0.487. The fourth-order valence-electron chi connectivity index (χ4n) is 2.92. The number of aromatic nitrogens is 4. The third-order valence-electron chi connectivity index (χ3n) is 4.32. The van der Waals surface area contributed by atoms with E-state index in [-0.39, 0.29) is 0 Å². The van der Waals surface area contributed by atoms with Gasteiger partial charge in [0.2, 0.25) is 5.95 Å². The van der Waals surface area contributed by atoms with Gasteiger partial charge in [0.25, 0.3) is 0 Å². The summed E-state index contributed by atoms with van der Waals surface area (Å²) in [5, 5.41) is 14.7. The normalized spacial score (nSPS) is 18.8. The molecule has 114 valence electrons. The third kappa shape index (κ3) is 3.09. The van der Waals surface area contributed by atoms with E-state index in [2.05, 4.69) is 44.6 Å². The van der Waals surface area contributed by atoms with Crippen LogP contribution in [0.4, 0.5) is 11.8 Å². The predicted molar refractivity (Wildman–Crippen MR) is 85.5 cm³/mol. The van der Waals surface area contributed by atoms with Crippen LogP contribution in [0, 0.1) is 5.41 Å². The minimum absolute atomic E-state index is 0.476. The van der Waals surface area contributed by atoms with Crippen molar-refractivity contribution in [2.45, 2.75) is 52.5 Å². The molecule has 1 aliphatic rings. The second-order valence-corrected chi connectivity index (χ2v) is 6.64. The molecule has 3 rings (SSSR count). The van der Waals surface area contributed by atoms with E-state index in [4.69, 9.17) is 0 Å². The zero-order valence-electron chi connectivity index (χ0n) is 13.0. The Morgan fingerprint density at radius 3 is 2.76 bits per heavy atom. The molecular formula is C15H24N6. The zero-order valence-corrected chi connectivity index (χ0v) is 13.0. The largest absolute Gasteiger partial charge is 0.367 e. The van der Waals surface area contributed by atoms with Gasteiger partial charge in [0.1, 0.15) is 5.82 Å². The first-order valence-electron chi connectivity index (χ1n) is 7.79. The Balaban J connectivity index is 1.81. The van der Waals surface area contributed by atoms with Gasteiger partial charge < -0.3 is 10.6 Å². The average molecular weight is 288 g/mol. The Morgan fingerprint density at radius 2 is 2.05 bits per heavy atom. The summed E-state index contributed by atoms with van der Waals surface area (Å²) in [6.45, 7) is 7.55. The molecule has 2 heterocycles. The molecule has 0 radical (unpaired) electrons. The van der Waals surface area contributed by atoms with Gasteiger partial charge in [-0.05, 0) is 38.0 Å². The number of H-pyrrole nitrogens is 1. The van der Waals surface area contributed by atoms with Crippen molar-refractivity contribution in [3.63, 3.8) is 0 Å². The fourth-order valence-corrected chi connectivity index (χ4v) is 2.92. The predicted octanol–water partition coefficient (Wildman–Crippen LogP) is 3.17. The van der Waals surface area contributed by atoms with Crippen LogP contribution in [-0.2, 0) is 0 Å². The Kier molecular flexibility index (Phi) is 3.69. The van der Waals surface area contributed by atoms with Crippen molar-refractivity contribution in [2.75, 3.05) is 17.2 Å². The minimum atomic E-state index is 0.476. The van der Waals surface area contributed by atoms with E-state index in [9.17, 15) is 0 Å². The maximum Gasteiger partial charge on any atom is 0.226 e. The van der Waals surface area contributed by atoms with Gasteiger partial charge >= 0.3 is 0 Å². The lowest BCUT2D eigenvalue weighted by atomic mass is 9.75. The summed E-state index contributed by atoms with van der Waals surface area (Å²) in [6.07, 6.45) is 6.68. The number of aromatic amines is 1. The number of nitrogens with one attached hydrogen (secondary N) is 3. The van der Waals surface area contributed by atoms with E-state index in [1.807, 2.05) is 6.92 Å². The smallest absolute Gasteiger partial charge is 0.226 e. The van der Waals surface area contributed by atoms with Gasteiger partial charge in [-0.2, -0.15) is 15.1 Å². The quantitative estimate of drug-likeness (QED) is 0.805. The molecule has 1 aliphatic carbocycles. The summed E-state index contributed by atoms with van der Waals surface area (Å²) in [5.41, 5.74) is 1.25. The molecule has 6 nitrogen and oxygen atoms in total. The van der Waals surface area contributed by atoms with Gasteiger partial charge in [0.05, 0.1) is 11.6 Å². The van der Waals surface area contributed by atoms with E-state index in [1.165, 1.54) is 25.7 Å². The summed E-state index contributed by atoms with van der Waals surface area (Å²) in [7, 11) is 0. The average Bonchev–Trinajstić information content (AvgIpc) is 2.90. The molecule has 2 aromatic rings. The Hall–Kier alpha value is -1.85. The molecule has 0 aromatic carbocycles. The van der Waals surface area contributed by atoms with Gasteiger partial charge in [-0.25, -0.2) is 0 Å². The highest BCUT2D eigenvalue weighted by Crippen LogP contribution is 2.36. The van der Waals surface area contributed by atoms with Crippen molar-refractivity contribution in [1.82, 2.24) is 20.2 Å². The molecule has 0 saturated heterocycles. The highest BCUT2D eigenvalue weighted by atomic mass is 15.2. The maximum absolute atomic E-state index is 4.60. The number of fused-ring (bicyclic) bond motifs is 1. The lowest BCUT2D eigenvalue weighted by molar-refractivity contribution is 0.232. The van der Waals surface area contributed by atoms with Crippen LogP contribution in [0.5, 0.6) is 0 Å². The number of rotatable bonds is 4. The van der Waals surface area contributed by atoms with Crippen molar-refractivity contribution in [3.8, 4) is 0 Å². The van der Waals surface area contributed by atoms with Gasteiger partial charge in [0.15, 0.2) is 5.65 Å². The molecule has 3 N–H and O–H groups in total. The SMILES string of the molecule is CCNc1nc(NC2CCC(C)(C)CC2)c2cn[nH]c2n1. The Bertz CT molecular complexity index is 608. The molecule has 21 heavy (non-hydrogen) atoms. The topological polar surface area (TPSA) is 78.5 Å². The molecule has 0 unspecified atom stereocenters. The van der Waals surface area contributed by atoms with Gasteiger partial charge in [-0.15, -0.1) is 0 Å². The number of hydrogen-bond acceptors (Lipinski definition) is 5. The van der Waals surface area contributed by atoms with E-state index >= 15 is 0 Å². The van der Waals surface area contributed by atoms with Crippen molar-refractivity contribution in [3.05, 3.63) is 6.20 Å². The molecule has 1 fully saturated rings. The summed E-state index contributed by atoms with van der Waals surface area (Å²) in [4.78, 5) is 9.02. The molecule has 2 aromatic heterocycles. The van der Waals surface area contributed by atoms with Crippen molar-refractivity contribution in [2.24, 2.45) is 5.41 Å². The molecule has 0 spiro atoms. The van der Waals surface area contributed by atoms with Crippen molar-refractivity contribution in [1.29, 1.82) is 0 Å². The van der Waals surface area contributed by atoms with E-state index < -0.39 is 0 Å². The van der Waals surface area contributed by atoms with Crippen molar-refractivity contribution < 1.29 is 0 Å². The summed E-state index contributed by atoms with van der Waals surface area (Å²) in [5.74, 6) is 1.53. The molecule has 6 heteroatoms. The molecule has 0 bridgehead atoms. The highest BCUT2D eigenvalue weighted by molar-refractivity contribution is 5.87. The summed E-state index contributed by atoms with van der Waals surface area (Å²) < 4.78 is 0. The lowest BCUT2D eigenvalue weighted by Gasteiger charge is -2.34.